The van der Waals surface area contributed by atoms with E-state index in [1.54, 1.807) is 12.3 Å². The van der Waals surface area contributed by atoms with Crippen LogP contribution in [0.4, 0.5) is 0 Å². The molecule has 7 heteroatoms. The first-order chi connectivity index (χ1) is 8.95. The Bertz CT molecular complexity index is 519. The van der Waals surface area contributed by atoms with Crippen LogP contribution < -0.4 is 10.0 Å². The minimum atomic E-state index is -3.41. The number of hydrogen-bond acceptors (Lipinski definition) is 4. The van der Waals surface area contributed by atoms with Gasteiger partial charge in [0.2, 0.25) is 10.0 Å². The zero-order chi connectivity index (χ0) is 13.9. The van der Waals surface area contributed by atoms with Crippen LogP contribution in [0.2, 0.25) is 0 Å². The second kappa shape index (κ2) is 5.87. The highest BCUT2D eigenvalue weighted by Crippen LogP contribution is 2.37. The summed E-state index contributed by atoms with van der Waals surface area (Å²) in [5.41, 5.74) is 0.865. The molecular weight excluding hydrogens is 282 g/mol. The summed E-state index contributed by atoms with van der Waals surface area (Å²) in [5.74, 6) is 1.12. The number of H-pyrrole nitrogens is 1. The van der Waals surface area contributed by atoms with E-state index in [-0.39, 0.29) is 4.75 Å². The van der Waals surface area contributed by atoms with Crippen LogP contribution in [0.25, 0.3) is 0 Å². The third-order valence-corrected chi connectivity index (χ3v) is 6.25. The van der Waals surface area contributed by atoms with Crippen LogP contribution in [0, 0.1) is 0 Å². The van der Waals surface area contributed by atoms with Crippen LogP contribution in [0.15, 0.2) is 17.2 Å². The van der Waals surface area contributed by atoms with Gasteiger partial charge >= 0.3 is 0 Å². The van der Waals surface area contributed by atoms with Gasteiger partial charge < -0.3 is 10.3 Å². The van der Waals surface area contributed by atoms with Gasteiger partial charge in [-0.05, 0) is 38.6 Å². The Morgan fingerprint density at radius 1 is 1.53 bits per heavy atom. The van der Waals surface area contributed by atoms with E-state index in [2.05, 4.69) is 21.9 Å². The summed E-state index contributed by atoms with van der Waals surface area (Å²) in [7, 11) is -1.58. The third-order valence-electron chi connectivity index (χ3n) is 3.33. The van der Waals surface area contributed by atoms with E-state index in [0.29, 0.717) is 18.0 Å². The minimum Gasteiger partial charge on any atom is -0.363 e. The molecule has 2 heterocycles. The summed E-state index contributed by atoms with van der Waals surface area (Å²) in [5, 5.41) is 2.98. The molecule has 5 nitrogen and oxygen atoms in total. The van der Waals surface area contributed by atoms with Crippen LogP contribution in [0.5, 0.6) is 0 Å². The molecule has 1 aliphatic rings. The monoisotopic (exact) mass is 303 g/mol. The first-order valence-corrected chi connectivity index (χ1v) is 8.88. The average molecular weight is 303 g/mol. The van der Waals surface area contributed by atoms with E-state index < -0.39 is 10.0 Å². The van der Waals surface area contributed by atoms with Gasteiger partial charge in [0.1, 0.15) is 0 Å². The van der Waals surface area contributed by atoms with Gasteiger partial charge in [-0.25, -0.2) is 13.1 Å². The fraction of sp³-hybridized carbons (Fsp3) is 0.667. The standard InChI is InChI=1S/C12H21N3O2S2/c1-12(4-3-5-18-12)9-15-19(16,17)11-6-10(7-13-2)14-8-11/h6,8,13-15H,3-5,7,9H2,1-2H3. The molecule has 0 saturated carbocycles. The van der Waals surface area contributed by atoms with Crippen molar-refractivity contribution in [3.8, 4) is 0 Å². The van der Waals surface area contributed by atoms with Crippen molar-refractivity contribution in [3.05, 3.63) is 18.0 Å². The zero-order valence-corrected chi connectivity index (χ0v) is 13.0. The minimum absolute atomic E-state index is 0.0389. The van der Waals surface area contributed by atoms with Gasteiger partial charge in [0, 0.05) is 29.7 Å². The quantitative estimate of drug-likeness (QED) is 0.740. The first kappa shape index (κ1) is 14.9. The molecule has 0 radical (unpaired) electrons. The van der Waals surface area contributed by atoms with Gasteiger partial charge in [0.25, 0.3) is 0 Å². The predicted molar refractivity (Wildman–Crippen MR) is 78.8 cm³/mol. The number of thioether (sulfide) groups is 1. The molecule has 0 spiro atoms. The van der Waals surface area contributed by atoms with Crippen molar-refractivity contribution in [1.82, 2.24) is 15.0 Å². The van der Waals surface area contributed by atoms with Crippen LogP contribution in [-0.4, -0.2) is 37.5 Å². The van der Waals surface area contributed by atoms with Crippen LogP contribution >= 0.6 is 11.8 Å². The van der Waals surface area contributed by atoms with Crippen molar-refractivity contribution in [1.29, 1.82) is 0 Å². The van der Waals surface area contributed by atoms with Crippen molar-refractivity contribution in [3.63, 3.8) is 0 Å². The Morgan fingerprint density at radius 3 is 2.95 bits per heavy atom. The molecule has 0 aromatic carbocycles. The third kappa shape index (κ3) is 3.75. The Labute approximate surface area is 119 Å². The Morgan fingerprint density at radius 2 is 2.32 bits per heavy atom. The van der Waals surface area contributed by atoms with Gasteiger partial charge in [0.05, 0.1) is 4.90 Å². The summed E-state index contributed by atoms with van der Waals surface area (Å²) < 4.78 is 27.1. The number of sulfonamides is 1. The molecule has 0 bridgehead atoms. The van der Waals surface area contributed by atoms with Gasteiger partial charge in [-0.15, -0.1) is 0 Å². The van der Waals surface area contributed by atoms with Crippen LogP contribution in [0.3, 0.4) is 0 Å². The second-order valence-corrected chi connectivity index (χ2v) is 8.57. The molecular formula is C12H21N3O2S2. The molecule has 1 saturated heterocycles. The molecule has 108 valence electrons. The maximum Gasteiger partial charge on any atom is 0.242 e. The lowest BCUT2D eigenvalue weighted by Crippen LogP contribution is -2.36. The molecule has 1 aromatic rings. The fourth-order valence-corrected chi connectivity index (χ4v) is 4.70. The predicted octanol–water partition coefficient (Wildman–Crippen LogP) is 1.30. The Kier molecular flexibility index (Phi) is 4.60. The largest absolute Gasteiger partial charge is 0.363 e. The van der Waals surface area contributed by atoms with E-state index in [1.165, 1.54) is 6.42 Å². The molecule has 1 atom stereocenters. The average Bonchev–Trinajstić information content (AvgIpc) is 2.98. The number of rotatable bonds is 6. The highest BCUT2D eigenvalue weighted by molar-refractivity contribution is 8.01. The molecule has 2 rings (SSSR count). The molecule has 1 unspecified atom stereocenters. The maximum absolute atomic E-state index is 12.2. The van der Waals surface area contributed by atoms with E-state index in [9.17, 15) is 8.42 Å². The lowest BCUT2D eigenvalue weighted by Gasteiger charge is -2.22. The molecule has 1 aliphatic heterocycles. The number of aromatic nitrogens is 1. The topological polar surface area (TPSA) is 74.0 Å². The SMILES string of the molecule is CNCc1cc(S(=O)(=O)NCC2(C)CCCS2)c[nH]1. The summed E-state index contributed by atoms with van der Waals surface area (Å²) in [6.07, 6.45) is 3.77. The summed E-state index contributed by atoms with van der Waals surface area (Å²) >= 11 is 1.85. The molecule has 0 amide bonds. The van der Waals surface area contributed by atoms with E-state index in [1.807, 2.05) is 18.8 Å². The smallest absolute Gasteiger partial charge is 0.242 e. The van der Waals surface area contributed by atoms with E-state index in [4.69, 9.17) is 0 Å². The maximum atomic E-state index is 12.2. The van der Waals surface area contributed by atoms with Crippen molar-refractivity contribution in [2.45, 2.75) is 36.0 Å². The van der Waals surface area contributed by atoms with Crippen molar-refractivity contribution < 1.29 is 8.42 Å². The fourth-order valence-electron chi connectivity index (χ4n) is 2.17. The van der Waals surface area contributed by atoms with Gasteiger partial charge in [-0.1, -0.05) is 0 Å². The van der Waals surface area contributed by atoms with Crippen molar-refractivity contribution >= 4 is 21.8 Å². The summed E-state index contributed by atoms with van der Waals surface area (Å²) in [6.45, 7) is 3.24. The molecule has 0 aliphatic carbocycles. The van der Waals surface area contributed by atoms with Crippen LogP contribution in [0.1, 0.15) is 25.5 Å². The number of aromatic amines is 1. The molecule has 1 aromatic heterocycles. The highest BCUT2D eigenvalue weighted by atomic mass is 32.2. The van der Waals surface area contributed by atoms with E-state index >= 15 is 0 Å². The van der Waals surface area contributed by atoms with Crippen molar-refractivity contribution in [2.75, 3.05) is 19.3 Å². The second-order valence-electron chi connectivity index (χ2n) is 5.12. The van der Waals surface area contributed by atoms with Crippen molar-refractivity contribution in [2.24, 2.45) is 0 Å². The highest BCUT2D eigenvalue weighted by Gasteiger charge is 2.31. The Balaban J connectivity index is 2.01. The Hall–Kier alpha value is -0.500. The van der Waals surface area contributed by atoms with Gasteiger partial charge in [-0.2, -0.15) is 11.8 Å². The molecule has 1 fully saturated rings. The number of hydrogen-bond donors (Lipinski definition) is 3. The lowest BCUT2D eigenvalue weighted by molar-refractivity contribution is 0.552. The van der Waals surface area contributed by atoms with Gasteiger partial charge in [0.15, 0.2) is 0 Å². The molecule has 19 heavy (non-hydrogen) atoms. The zero-order valence-electron chi connectivity index (χ0n) is 11.3. The normalized spacial score (nSPS) is 23.9. The van der Waals surface area contributed by atoms with E-state index in [0.717, 1.165) is 17.9 Å². The summed E-state index contributed by atoms with van der Waals surface area (Å²) in [6, 6.07) is 1.67. The first-order valence-electron chi connectivity index (χ1n) is 6.41. The lowest BCUT2D eigenvalue weighted by atomic mass is 10.1. The van der Waals surface area contributed by atoms with Gasteiger partial charge in [-0.3, -0.25) is 0 Å². The number of nitrogens with one attached hydrogen (secondary N) is 3. The van der Waals surface area contributed by atoms with Crippen LogP contribution in [-0.2, 0) is 16.6 Å². The molecule has 3 N–H and O–H groups in total. The summed E-state index contributed by atoms with van der Waals surface area (Å²) in [4.78, 5) is 3.27.